The van der Waals surface area contributed by atoms with Gasteiger partial charge >= 0.3 is 0 Å². The van der Waals surface area contributed by atoms with Crippen LogP contribution in [0.4, 0.5) is 4.39 Å². The third-order valence-corrected chi connectivity index (χ3v) is 4.19. The lowest BCUT2D eigenvalue weighted by molar-refractivity contribution is 0.618. The molecule has 0 radical (unpaired) electrons. The fourth-order valence-electron chi connectivity index (χ4n) is 2.04. The first-order valence-electron chi connectivity index (χ1n) is 6.06. The number of hydrogen-bond acceptors (Lipinski definition) is 2. The summed E-state index contributed by atoms with van der Waals surface area (Å²) in [7, 11) is 0. The molecule has 0 amide bonds. The normalized spacial score (nSPS) is 11.4. The molecule has 1 aromatic carbocycles. The van der Waals surface area contributed by atoms with Crippen molar-refractivity contribution in [3.8, 4) is 0 Å². The largest absolute Gasteiger partial charge is 0.327 e. The van der Waals surface area contributed by atoms with Crippen LogP contribution in [0.5, 0.6) is 0 Å². The van der Waals surface area contributed by atoms with Crippen LogP contribution in [0, 0.1) is 5.82 Å². The fourth-order valence-corrected chi connectivity index (χ4v) is 2.89. The van der Waals surface area contributed by atoms with E-state index in [2.05, 4.69) is 11.2 Å². The van der Waals surface area contributed by atoms with E-state index in [1.807, 2.05) is 16.3 Å². The number of nitrogens with zero attached hydrogens (tertiary/aromatic N) is 2. The second kappa shape index (κ2) is 6.82. The summed E-state index contributed by atoms with van der Waals surface area (Å²) in [5.41, 5.74) is 1.47. The highest BCUT2D eigenvalue weighted by Crippen LogP contribution is 2.25. The van der Waals surface area contributed by atoms with E-state index in [0.29, 0.717) is 11.4 Å². The van der Waals surface area contributed by atoms with Crippen LogP contribution in [0.1, 0.15) is 18.7 Å². The minimum atomic E-state index is -0.416. The summed E-state index contributed by atoms with van der Waals surface area (Å²) in [6, 6.07) is 3.00. The number of aromatic nitrogens is 2. The van der Waals surface area contributed by atoms with Crippen molar-refractivity contribution in [2.45, 2.75) is 25.3 Å². The number of fused-ring (bicyclic) bond motifs is 1. The van der Waals surface area contributed by atoms with Crippen LogP contribution >= 0.6 is 35.0 Å². The highest BCUT2D eigenvalue weighted by Gasteiger charge is 2.12. The van der Waals surface area contributed by atoms with Crippen molar-refractivity contribution in [2.24, 2.45) is 0 Å². The third kappa shape index (κ3) is 3.36. The number of halogens is 3. The second-order valence-electron chi connectivity index (χ2n) is 4.27. The molecule has 104 valence electrons. The lowest BCUT2D eigenvalue weighted by Crippen LogP contribution is -2.03. The minimum Gasteiger partial charge on any atom is -0.327 e. The van der Waals surface area contributed by atoms with E-state index < -0.39 is 5.82 Å². The first kappa shape index (κ1) is 14.9. The van der Waals surface area contributed by atoms with Gasteiger partial charge in [0.15, 0.2) is 0 Å². The van der Waals surface area contributed by atoms with Gasteiger partial charge in [0, 0.05) is 12.6 Å². The molecule has 0 atom stereocenters. The molecule has 1 heterocycles. The molecule has 2 nitrogen and oxygen atoms in total. The number of hydrogen-bond donors (Lipinski definition) is 0. The maximum absolute atomic E-state index is 13.6. The number of unbranched alkanes of at least 4 members (excludes halogenated alkanes) is 1. The van der Waals surface area contributed by atoms with E-state index in [0.717, 1.165) is 36.5 Å². The minimum absolute atomic E-state index is 0.0978. The molecule has 0 bridgehead atoms. The number of aryl methyl sites for hydroxylation is 1. The van der Waals surface area contributed by atoms with E-state index >= 15 is 0 Å². The Kier molecular flexibility index (Phi) is 5.37. The van der Waals surface area contributed by atoms with Gasteiger partial charge in [-0.3, -0.25) is 0 Å². The van der Waals surface area contributed by atoms with E-state index in [1.165, 1.54) is 6.07 Å². The summed E-state index contributed by atoms with van der Waals surface area (Å²) in [4.78, 5) is 4.41. The Hall–Kier alpha value is -0.450. The van der Waals surface area contributed by atoms with E-state index in [9.17, 15) is 4.39 Å². The molecule has 0 fully saturated rings. The van der Waals surface area contributed by atoms with Crippen molar-refractivity contribution in [1.82, 2.24) is 9.55 Å². The average Bonchev–Trinajstić information content (AvgIpc) is 2.73. The summed E-state index contributed by atoms with van der Waals surface area (Å²) >= 11 is 13.5. The van der Waals surface area contributed by atoms with Crippen LogP contribution in [0.15, 0.2) is 12.1 Å². The zero-order chi connectivity index (χ0) is 13.8. The van der Waals surface area contributed by atoms with Crippen molar-refractivity contribution < 1.29 is 4.39 Å². The summed E-state index contributed by atoms with van der Waals surface area (Å²) < 4.78 is 15.6. The molecular weight excluding hydrogens is 306 g/mol. The molecule has 6 heteroatoms. The fraction of sp³-hybridized carbons (Fsp3) is 0.462. The van der Waals surface area contributed by atoms with Crippen LogP contribution in [-0.4, -0.2) is 21.6 Å². The van der Waals surface area contributed by atoms with E-state index in [-0.39, 0.29) is 5.02 Å². The lowest BCUT2D eigenvalue weighted by atomic mass is 10.3. The molecule has 2 rings (SSSR count). The van der Waals surface area contributed by atoms with Crippen molar-refractivity contribution >= 4 is 46.0 Å². The van der Waals surface area contributed by atoms with Gasteiger partial charge in [0.1, 0.15) is 11.6 Å². The predicted molar refractivity (Wildman–Crippen MR) is 81.9 cm³/mol. The molecule has 0 aliphatic rings. The molecule has 0 saturated heterocycles. The quantitative estimate of drug-likeness (QED) is 0.566. The first-order chi connectivity index (χ1) is 9.17. The monoisotopic (exact) mass is 320 g/mol. The van der Waals surface area contributed by atoms with Gasteiger partial charge in [0.25, 0.3) is 0 Å². The molecule has 0 N–H and O–H groups in total. The summed E-state index contributed by atoms with van der Waals surface area (Å²) in [6.07, 6.45) is 4.24. The molecule has 2 aromatic rings. The Bertz CT molecular complexity index is 571. The van der Waals surface area contributed by atoms with Crippen LogP contribution in [-0.2, 0) is 12.4 Å². The van der Waals surface area contributed by atoms with Crippen LogP contribution < -0.4 is 0 Å². The molecule has 0 saturated carbocycles. The predicted octanol–water partition coefficient (Wildman–Crippen LogP) is 4.71. The Morgan fingerprint density at radius 1 is 1.37 bits per heavy atom. The number of rotatable bonds is 6. The summed E-state index contributed by atoms with van der Waals surface area (Å²) in [5.74, 6) is 1.79. The van der Waals surface area contributed by atoms with Gasteiger partial charge in [-0.25, -0.2) is 9.37 Å². The Morgan fingerprint density at radius 3 is 2.84 bits per heavy atom. The highest BCUT2D eigenvalue weighted by atomic mass is 35.5. The summed E-state index contributed by atoms with van der Waals surface area (Å²) in [6.45, 7) is 0.806. The molecule has 0 aliphatic heterocycles. The lowest BCUT2D eigenvalue weighted by Gasteiger charge is -2.07. The maximum atomic E-state index is 13.6. The Morgan fingerprint density at radius 2 is 2.16 bits per heavy atom. The van der Waals surface area contributed by atoms with Crippen LogP contribution in [0.25, 0.3) is 11.0 Å². The molecule has 19 heavy (non-hydrogen) atoms. The number of imidazole rings is 1. The van der Waals surface area contributed by atoms with Gasteiger partial charge < -0.3 is 4.57 Å². The van der Waals surface area contributed by atoms with Gasteiger partial charge in [-0.15, -0.1) is 11.6 Å². The second-order valence-corrected chi connectivity index (χ2v) is 5.93. The number of benzene rings is 1. The molecule has 0 unspecified atom stereocenters. The SMILES string of the molecule is CSCCCCn1c(CCl)nc2cc(Cl)c(F)cc21. The molecular formula is C13H15Cl2FN2S. The number of thioether (sulfide) groups is 1. The molecule has 0 spiro atoms. The number of alkyl halides is 1. The van der Waals surface area contributed by atoms with E-state index in [1.54, 1.807) is 6.07 Å². The molecule has 0 aliphatic carbocycles. The Labute approximate surface area is 126 Å². The van der Waals surface area contributed by atoms with Crippen LogP contribution in [0.3, 0.4) is 0 Å². The van der Waals surface area contributed by atoms with Crippen molar-refractivity contribution in [1.29, 1.82) is 0 Å². The smallest absolute Gasteiger partial charge is 0.144 e. The van der Waals surface area contributed by atoms with Crippen LogP contribution in [0.2, 0.25) is 5.02 Å². The third-order valence-electron chi connectivity index (χ3n) is 2.97. The van der Waals surface area contributed by atoms with Crippen molar-refractivity contribution in [3.63, 3.8) is 0 Å². The van der Waals surface area contributed by atoms with Crippen molar-refractivity contribution in [3.05, 3.63) is 28.8 Å². The van der Waals surface area contributed by atoms with Gasteiger partial charge in [0.05, 0.1) is 21.9 Å². The summed E-state index contributed by atoms with van der Waals surface area (Å²) in [5, 5.41) is 0.0978. The van der Waals surface area contributed by atoms with Gasteiger partial charge in [-0.2, -0.15) is 11.8 Å². The molecule has 1 aromatic heterocycles. The average molecular weight is 321 g/mol. The maximum Gasteiger partial charge on any atom is 0.144 e. The van der Waals surface area contributed by atoms with Crippen molar-refractivity contribution in [2.75, 3.05) is 12.0 Å². The zero-order valence-corrected chi connectivity index (χ0v) is 13.0. The Balaban J connectivity index is 2.31. The van der Waals surface area contributed by atoms with Gasteiger partial charge in [-0.1, -0.05) is 11.6 Å². The first-order valence-corrected chi connectivity index (χ1v) is 8.37. The van der Waals surface area contributed by atoms with Gasteiger partial charge in [-0.05, 0) is 30.9 Å². The topological polar surface area (TPSA) is 17.8 Å². The van der Waals surface area contributed by atoms with E-state index in [4.69, 9.17) is 23.2 Å². The zero-order valence-electron chi connectivity index (χ0n) is 10.6. The highest BCUT2D eigenvalue weighted by molar-refractivity contribution is 7.98. The standard InChI is InChI=1S/C13H15Cl2FN2S/c1-19-5-3-2-4-18-12-7-10(16)9(15)6-11(12)17-13(18)8-14/h6-7H,2-5,8H2,1H3. The van der Waals surface area contributed by atoms with Gasteiger partial charge in [0.2, 0.25) is 0 Å².